The maximum absolute atomic E-state index is 13.0. The number of fused-ring (bicyclic) bond motifs is 1. The highest BCUT2D eigenvalue weighted by molar-refractivity contribution is 5.93. The zero-order valence-electron chi connectivity index (χ0n) is 13.0. The smallest absolute Gasteiger partial charge is 0.271 e. The molecular formula is C19H16N4O. The maximum atomic E-state index is 13.0. The number of carbonyl (C=O) groups is 1. The van der Waals surface area contributed by atoms with Crippen molar-refractivity contribution in [2.24, 2.45) is 0 Å². The van der Waals surface area contributed by atoms with Gasteiger partial charge in [0.05, 0.1) is 11.6 Å². The van der Waals surface area contributed by atoms with Crippen LogP contribution in [0.2, 0.25) is 0 Å². The summed E-state index contributed by atoms with van der Waals surface area (Å²) in [7, 11) is 0. The quantitative estimate of drug-likeness (QED) is 0.790. The van der Waals surface area contributed by atoms with E-state index in [1.54, 1.807) is 12.3 Å². The van der Waals surface area contributed by atoms with E-state index in [1.807, 2.05) is 41.3 Å². The number of nitriles is 1. The highest BCUT2D eigenvalue weighted by Gasteiger charge is 2.33. The van der Waals surface area contributed by atoms with E-state index < -0.39 is 0 Å². The highest BCUT2D eigenvalue weighted by Crippen LogP contribution is 2.33. The molecular weight excluding hydrogens is 300 g/mol. The Hall–Kier alpha value is -3.26. The number of hydrogen-bond acceptors (Lipinski definition) is 2. The van der Waals surface area contributed by atoms with E-state index in [4.69, 9.17) is 5.26 Å². The van der Waals surface area contributed by atoms with E-state index in [0.29, 0.717) is 17.8 Å². The van der Waals surface area contributed by atoms with Crippen molar-refractivity contribution in [3.8, 4) is 6.07 Å². The van der Waals surface area contributed by atoms with Gasteiger partial charge >= 0.3 is 0 Å². The molecule has 0 unspecified atom stereocenters. The van der Waals surface area contributed by atoms with E-state index in [0.717, 1.165) is 17.8 Å². The molecule has 0 spiro atoms. The maximum Gasteiger partial charge on any atom is 0.271 e. The molecule has 1 aromatic carbocycles. The second kappa shape index (κ2) is 5.74. The van der Waals surface area contributed by atoms with E-state index in [1.165, 1.54) is 0 Å². The lowest BCUT2D eigenvalue weighted by Crippen LogP contribution is -2.42. The van der Waals surface area contributed by atoms with Gasteiger partial charge in [0.1, 0.15) is 11.8 Å². The summed E-state index contributed by atoms with van der Waals surface area (Å²) in [6.07, 6.45) is 3.62. The van der Waals surface area contributed by atoms with Crippen LogP contribution in [0.15, 0.2) is 60.9 Å². The van der Waals surface area contributed by atoms with Crippen LogP contribution in [-0.2, 0) is 6.54 Å². The molecule has 2 aromatic heterocycles. The largest absolute Gasteiger partial charge is 0.356 e. The van der Waals surface area contributed by atoms with Crippen LogP contribution < -0.4 is 0 Å². The van der Waals surface area contributed by atoms with Gasteiger partial charge in [0.15, 0.2) is 0 Å². The molecule has 5 nitrogen and oxygen atoms in total. The number of carbonyl (C=O) groups excluding carboxylic acids is 1. The van der Waals surface area contributed by atoms with E-state index in [9.17, 15) is 4.79 Å². The molecule has 0 bridgehead atoms. The first kappa shape index (κ1) is 14.3. The molecule has 3 aromatic rings. The van der Waals surface area contributed by atoms with Crippen LogP contribution >= 0.6 is 0 Å². The van der Waals surface area contributed by atoms with Crippen LogP contribution in [0.1, 0.15) is 33.4 Å². The van der Waals surface area contributed by atoms with Crippen LogP contribution in [-0.4, -0.2) is 26.9 Å². The molecule has 1 aliphatic rings. The fourth-order valence-electron chi connectivity index (χ4n) is 3.33. The Labute approximate surface area is 139 Å². The number of hydrogen-bond donors (Lipinski definition) is 1. The van der Waals surface area contributed by atoms with E-state index >= 15 is 0 Å². The third-order valence-electron chi connectivity index (χ3n) is 4.46. The summed E-state index contributed by atoms with van der Waals surface area (Å²) in [4.78, 5) is 17.8. The third-order valence-corrected chi connectivity index (χ3v) is 4.46. The standard InChI is InChI=1S/C19H16N4O/c20-12-14-11-16(21-13-14)19(24)23-10-9-22-8-4-7-17(22)18(23)15-5-2-1-3-6-15/h1-8,11,13,18,21H,9-10H2/t18-/m1/s1. The summed E-state index contributed by atoms with van der Waals surface area (Å²) >= 11 is 0. The zero-order valence-corrected chi connectivity index (χ0v) is 13.0. The number of aromatic nitrogens is 2. The van der Waals surface area contributed by atoms with Crippen molar-refractivity contribution in [3.05, 3.63) is 83.4 Å². The molecule has 0 aliphatic carbocycles. The van der Waals surface area contributed by atoms with Gasteiger partial charge < -0.3 is 14.5 Å². The first-order valence-corrected chi connectivity index (χ1v) is 7.87. The molecule has 0 saturated carbocycles. The van der Waals surface area contributed by atoms with Crippen LogP contribution in [0.5, 0.6) is 0 Å². The number of H-pyrrole nitrogens is 1. The molecule has 0 radical (unpaired) electrons. The molecule has 3 heterocycles. The second-order valence-electron chi connectivity index (χ2n) is 5.85. The van der Waals surface area contributed by atoms with Crippen molar-refractivity contribution < 1.29 is 4.79 Å². The minimum Gasteiger partial charge on any atom is -0.356 e. The van der Waals surface area contributed by atoms with Crippen molar-refractivity contribution in [3.63, 3.8) is 0 Å². The number of amides is 1. The number of nitrogens with zero attached hydrogens (tertiary/aromatic N) is 3. The first-order chi connectivity index (χ1) is 11.8. The molecule has 4 rings (SSSR count). The summed E-state index contributed by atoms with van der Waals surface area (Å²) in [5, 5.41) is 8.98. The Bertz CT molecular complexity index is 916. The van der Waals surface area contributed by atoms with Crippen molar-refractivity contribution in [2.75, 3.05) is 6.54 Å². The van der Waals surface area contributed by atoms with Gasteiger partial charge in [0, 0.05) is 31.2 Å². The second-order valence-corrected chi connectivity index (χ2v) is 5.85. The average molecular weight is 316 g/mol. The van der Waals surface area contributed by atoms with Crippen molar-refractivity contribution in [1.82, 2.24) is 14.5 Å². The molecule has 24 heavy (non-hydrogen) atoms. The Morgan fingerprint density at radius 3 is 2.75 bits per heavy atom. The van der Waals surface area contributed by atoms with Crippen LogP contribution in [0.25, 0.3) is 0 Å². The van der Waals surface area contributed by atoms with Gasteiger partial charge in [-0.2, -0.15) is 5.26 Å². The fourth-order valence-corrected chi connectivity index (χ4v) is 3.33. The lowest BCUT2D eigenvalue weighted by molar-refractivity contribution is 0.0658. The molecule has 0 fully saturated rings. The van der Waals surface area contributed by atoms with Crippen molar-refractivity contribution in [2.45, 2.75) is 12.6 Å². The summed E-state index contributed by atoms with van der Waals surface area (Å²) in [5.74, 6) is -0.0854. The van der Waals surface area contributed by atoms with Gasteiger partial charge in [-0.3, -0.25) is 4.79 Å². The zero-order chi connectivity index (χ0) is 16.5. The lowest BCUT2D eigenvalue weighted by atomic mass is 9.99. The molecule has 1 atom stereocenters. The monoisotopic (exact) mass is 316 g/mol. The fraction of sp³-hybridized carbons (Fsp3) is 0.158. The van der Waals surface area contributed by atoms with E-state index in [2.05, 4.69) is 27.9 Å². The van der Waals surface area contributed by atoms with E-state index in [-0.39, 0.29) is 11.9 Å². The van der Waals surface area contributed by atoms with Crippen molar-refractivity contribution >= 4 is 5.91 Å². The minimum atomic E-state index is -0.128. The SMILES string of the molecule is N#Cc1c[nH]c(C(=O)N2CCn3cccc3[C@H]2c2ccccc2)c1. The van der Waals surface area contributed by atoms with Gasteiger partial charge in [0.25, 0.3) is 5.91 Å². The Morgan fingerprint density at radius 1 is 1.17 bits per heavy atom. The Balaban J connectivity index is 1.76. The van der Waals surface area contributed by atoms with Gasteiger partial charge in [-0.1, -0.05) is 30.3 Å². The molecule has 5 heteroatoms. The van der Waals surface area contributed by atoms with Gasteiger partial charge in [-0.05, 0) is 23.8 Å². The highest BCUT2D eigenvalue weighted by atomic mass is 16.2. The summed E-state index contributed by atoms with van der Waals surface area (Å²) in [5.41, 5.74) is 3.10. The molecule has 1 amide bonds. The Morgan fingerprint density at radius 2 is 2.00 bits per heavy atom. The number of benzene rings is 1. The van der Waals surface area contributed by atoms with Gasteiger partial charge in [0.2, 0.25) is 0 Å². The predicted molar refractivity (Wildman–Crippen MR) is 89.3 cm³/mol. The van der Waals surface area contributed by atoms with Gasteiger partial charge in [-0.15, -0.1) is 0 Å². The number of nitrogens with one attached hydrogen (secondary N) is 1. The molecule has 1 N–H and O–H groups in total. The minimum absolute atomic E-state index is 0.0854. The average Bonchev–Trinajstić information content (AvgIpc) is 3.30. The first-order valence-electron chi connectivity index (χ1n) is 7.87. The predicted octanol–water partition coefficient (Wildman–Crippen LogP) is 2.93. The summed E-state index contributed by atoms with van der Waals surface area (Å²) < 4.78 is 2.19. The summed E-state index contributed by atoms with van der Waals surface area (Å²) in [6.45, 7) is 1.39. The van der Waals surface area contributed by atoms with Crippen LogP contribution in [0.4, 0.5) is 0 Å². The number of aromatic amines is 1. The van der Waals surface area contributed by atoms with Crippen LogP contribution in [0, 0.1) is 11.3 Å². The summed E-state index contributed by atoms with van der Waals surface area (Å²) in [6, 6.07) is 17.7. The topological polar surface area (TPSA) is 64.8 Å². The van der Waals surface area contributed by atoms with Gasteiger partial charge in [-0.25, -0.2) is 0 Å². The third kappa shape index (κ3) is 2.29. The molecule has 1 aliphatic heterocycles. The Kier molecular flexibility index (Phi) is 3.43. The molecule has 0 saturated heterocycles. The number of rotatable bonds is 2. The van der Waals surface area contributed by atoms with Crippen LogP contribution in [0.3, 0.4) is 0 Å². The normalized spacial score (nSPS) is 16.5. The van der Waals surface area contributed by atoms with Crippen molar-refractivity contribution in [1.29, 1.82) is 5.26 Å². The molecule has 118 valence electrons. The lowest BCUT2D eigenvalue weighted by Gasteiger charge is -2.37.